The molecule has 0 bridgehead atoms. The number of hydrogen-bond acceptors (Lipinski definition) is 6. The lowest BCUT2D eigenvalue weighted by molar-refractivity contribution is 0.557. The fraction of sp³-hybridized carbons (Fsp3) is 0.333. The molecule has 0 amide bonds. The number of nitrogens with one attached hydrogen (secondary N) is 1. The summed E-state index contributed by atoms with van der Waals surface area (Å²) in [5.41, 5.74) is 2.34. The van der Waals surface area contributed by atoms with Crippen molar-refractivity contribution in [2.45, 2.75) is 38.0 Å². The topological polar surface area (TPSA) is 131 Å². The number of fused-ring (bicyclic) bond motifs is 1. The lowest BCUT2D eigenvalue weighted by Gasteiger charge is -2.16. The number of hydrogen-bond donors (Lipinski definition) is 2. The van der Waals surface area contributed by atoms with Gasteiger partial charge in [0.25, 0.3) is 0 Å². The number of sulfonamides is 1. The first-order valence-corrected chi connectivity index (χ1v) is 9.11. The number of aromatic amines is 1. The monoisotopic (exact) mass is 361 g/mol. The average Bonchev–Trinajstić information content (AvgIpc) is 3.00. The summed E-state index contributed by atoms with van der Waals surface area (Å²) >= 11 is 0. The quantitative estimate of drug-likeness (QED) is 0.694. The van der Waals surface area contributed by atoms with Gasteiger partial charge in [-0.2, -0.15) is 9.74 Å². The Labute approximate surface area is 145 Å². The molecule has 0 fully saturated rings. The van der Waals surface area contributed by atoms with Crippen molar-refractivity contribution in [3.8, 4) is 0 Å². The molecule has 3 aromatic rings. The van der Waals surface area contributed by atoms with Crippen molar-refractivity contribution in [2.75, 3.05) is 0 Å². The highest BCUT2D eigenvalue weighted by molar-refractivity contribution is 7.89. The molecule has 25 heavy (non-hydrogen) atoms. The molecule has 0 aliphatic rings. The standard InChI is InChI=1S/C15H19N7O2S/c1-9-17-14-12(13(15(2,3)4)21-22(14)20-9)19-18-10-5-7-11(8-6-10)25(16,23)24/h5-8,21H,1-4H3,(H2,16,23,24). The number of nitrogens with two attached hydrogens (primary N) is 1. The first-order valence-electron chi connectivity index (χ1n) is 7.56. The summed E-state index contributed by atoms with van der Waals surface area (Å²) in [6, 6.07) is 5.86. The Hall–Kier alpha value is -2.59. The third-order valence-corrected chi connectivity index (χ3v) is 4.49. The number of aryl methyl sites for hydroxylation is 1. The fourth-order valence-corrected chi connectivity index (χ4v) is 2.86. The maximum atomic E-state index is 11.3. The van der Waals surface area contributed by atoms with Gasteiger partial charge in [-0.15, -0.1) is 10.2 Å². The van der Waals surface area contributed by atoms with Crippen molar-refractivity contribution in [2.24, 2.45) is 15.4 Å². The van der Waals surface area contributed by atoms with Gasteiger partial charge in [0, 0.05) is 5.41 Å². The zero-order valence-corrected chi connectivity index (χ0v) is 15.2. The normalized spacial score (nSPS) is 13.2. The van der Waals surface area contributed by atoms with Gasteiger partial charge in [0.1, 0.15) is 5.82 Å². The van der Waals surface area contributed by atoms with E-state index < -0.39 is 10.0 Å². The first kappa shape index (κ1) is 17.2. The number of aromatic nitrogens is 4. The van der Waals surface area contributed by atoms with E-state index in [1.807, 2.05) is 20.8 Å². The predicted molar refractivity (Wildman–Crippen MR) is 92.8 cm³/mol. The van der Waals surface area contributed by atoms with Crippen molar-refractivity contribution in [1.82, 2.24) is 19.8 Å². The van der Waals surface area contributed by atoms with E-state index in [9.17, 15) is 8.42 Å². The number of primary sulfonamides is 1. The minimum Gasteiger partial charge on any atom is -0.277 e. The van der Waals surface area contributed by atoms with Crippen molar-refractivity contribution in [3.63, 3.8) is 0 Å². The highest BCUT2D eigenvalue weighted by Gasteiger charge is 2.25. The molecule has 0 atom stereocenters. The Morgan fingerprint density at radius 1 is 1.16 bits per heavy atom. The third-order valence-electron chi connectivity index (χ3n) is 3.56. The molecule has 0 saturated heterocycles. The van der Waals surface area contributed by atoms with E-state index in [1.165, 1.54) is 12.1 Å². The van der Waals surface area contributed by atoms with Gasteiger partial charge >= 0.3 is 0 Å². The van der Waals surface area contributed by atoms with E-state index in [0.29, 0.717) is 22.8 Å². The molecule has 0 unspecified atom stereocenters. The second kappa shape index (κ2) is 5.74. The summed E-state index contributed by atoms with van der Waals surface area (Å²) in [5.74, 6) is 0.626. The van der Waals surface area contributed by atoms with Crippen LogP contribution in [0.4, 0.5) is 11.4 Å². The molecule has 0 saturated carbocycles. The van der Waals surface area contributed by atoms with Crippen LogP contribution in [0, 0.1) is 6.92 Å². The van der Waals surface area contributed by atoms with Gasteiger partial charge in [-0.05, 0) is 31.2 Å². The van der Waals surface area contributed by atoms with Gasteiger partial charge in [0.2, 0.25) is 15.7 Å². The zero-order chi connectivity index (χ0) is 18.4. The zero-order valence-electron chi connectivity index (χ0n) is 14.3. The van der Waals surface area contributed by atoms with Crippen LogP contribution in [0.5, 0.6) is 0 Å². The summed E-state index contributed by atoms with van der Waals surface area (Å²) < 4.78 is 24.2. The Bertz CT molecular complexity index is 1050. The lowest BCUT2D eigenvalue weighted by atomic mass is 9.91. The van der Waals surface area contributed by atoms with Crippen LogP contribution in [-0.4, -0.2) is 28.2 Å². The van der Waals surface area contributed by atoms with Crippen molar-refractivity contribution < 1.29 is 8.42 Å². The Balaban J connectivity index is 2.03. The van der Waals surface area contributed by atoms with E-state index in [1.54, 1.807) is 23.7 Å². The average molecular weight is 361 g/mol. The molecule has 0 radical (unpaired) electrons. The van der Waals surface area contributed by atoms with Crippen LogP contribution >= 0.6 is 0 Å². The van der Waals surface area contributed by atoms with Gasteiger partial charge in [-0.3, -0.25) is 5.10 Å². The molecule has 10 heteroatoms. The van der Waals surface area contributed by atoms with Crippen LogP contribution in [0.3, 0.4) is 0 Å². The molecule has 132 valence electrons. The summed E-state index contributed by atoms with van der Waals surface area (Å²) in [5, 5.41) is 21.1. The Kier molecular flexibility index (Phi) is 3.96. The minimum absolute atomic E-state index is 0.0268. The molecule has 3 rings (SSSR count). The van der Waals surface area contributed by atoms with Gasteiger partial charge in [-0.25, -0.2) is 18.5 Å². The molecule has 0 spiro atoms. The van der Waals surface area contributed by atoms with Crippen LogP contribution in [0.2, 0.25) is 0 Å². The second-order valence-electron chi connectivity index (χ2n) is 6.72. The predicted octanol–water partition coefficient (Wildman–Crippen LogP) is 2.73. The minimum atomic E-state index is -3.73. The molecule has 9 nitrogen and oxygen atoms in total. The summed E-state index contributed by atoms with van der Waals surface area (Å²) in [6.45, 7) is 7.94. The summed E-state index contributed by atoms with van der Waals surface area (Å²) in [7, 11) is -3.73. The maximum absolute atomic E-state index is 11.3. The highest BCUT2D eigenvalue weighted by atomic mass is 32.2. The molecule has 1 aromatic carbocycles. The molecule has 0 aliphatic carbocycles. The van der Waals surface area contributed by atoms with Crippen molar-refractivity contribution in [1.29, 1.82) is 0 Å². The van der Waals surface area contributed by atoms with Crippen LogP contribution in [0.1, 0.15) is 32.3 Å². The lowest BCUT2D eigenvalue weighted by Crippen LogP contribution is -2.12. The smallest absolute Gasteiger partial charge is 0.238 e. The Morgan fingerprint density at radius 2 is 1.80 bits per heavy atom. The number of rotatable bonds is 3. The molecule has 2 aromatic heterocycles. The van der Waals surface area contributed by atoms with Gasteiger partial charge in [0.15, 0.2) is 5.69 Å². The van der Waals surface area contributed by atoms with Crippen molar-refractivity contribution >= 4 is 27.0 Å². The van der Waals surface area contributed by atoms with Crippen LogP contribution in [0.25, 0.3) is 5.65 Å². The highest BCUT2D eigenvalue weighted by Crippen LogP contribution is 2.34. The maximum Gasteiger partial charge on any atom is 0.238 e. The summed E-state index contributed by atoms with van der Waals surface area (Å²) in [6.07, 6.45) is 0. The van der Waals surface area contributed by atoms with Crippen molar-refractivity contribution in [3.05, 3.63) is 35.8 Å². The van der Waals surface area contributed by atoms with E-state index in [4.69, 9.17) is 5.14 Å². The van der Waals surface area contributed by atoms with Gasteiger partial charge < -0.3 is 0 Å². The fourth-order valence-electron chi connectivity index (χ4n) is 2.34. The third kappa shape index (κ3) is 3.44. The first-order chi connectivity index (χ1) is 11.6. The van der Waals surface area contributed by atoms with Crippen LogP contribution in [0.15, 0.2) is 39.4 Å². The molecule has 3 N–H and O–H groups in total. The van der Waals surface area contributed by atoms with E-state index in [2.05, 4.69) is 25.4 Å². The number of benzene rings is 1. The molecule has 0 aliphatic heterocycles. The van der Waals surface area contributed by atoms with E-state index in [0.717, 1.165) is 5.69 Å². The number of H-pyrrole nitrogens is 1. The van der Waals surface area contributed by atoms with E-state index in [-0.39, 0.29) is 10.3 Å². The SMILES string of the molecule is Cc1nc2c(N=Nc3ccc(S(N)(=O)=O)cc3)c(C(C)(C)C)[nH]n2n1. The largest absolute Gasteiger partial charge is 0.277 e. The van der Waals surface area contributed by atoms with E-state index >= 15 is 0 Å². The number of nitrogens with zero attached hydrogens (tertiary/aromatic N) is 5. The van der Waals surface area contributed by atoms with Crippen LogP contribution in [-0.2, 0) is 15.4 Å². The second-order valence-corrected chi connectivity index (χ2v) is 8.28. The number of azo groups is 1. The molecule has 2 heterocycles. The Morgan fingerprint density at radius 3 is 2.36 bits per heavy atom. The van der Waals surface area contributed by atoms with Gasteiger partial charge in [-0.1, -0.05) is 20.8 Å². The van der Waals surface area contributed by atoms with Crippen LogP contribution < -0.4 is 5.14 Å². The molecular formula is C15H19N7O2S. The molecular weight excluding hydrogens is 342 g/mol. The summed E-state index contributed by atoms with van der Waals surface area (Å²) in [4.78, 5) is 4.40. The van der Waals surface area contributed by atoms with Gasteiger partial charge in [0.05, 0.1) is 16.3 Å².